The van der Waals surface area contributed by atoms with Crippen molar-refractivity contribution in [3.05, 3.63) is 22.2 Å². The Labute approximate surface area is 129 Å². The first-order chi connectivity index (χ1) is 9.40. The molecule has 0 saturated heterocycles. The Hall–Kier alpha value is -0.740. The molecule has 1 fully saturated rings. The van der Waals surface area contributed by atoms with E-state index in [2.05, 4.69) is 41.9 Å². The van der Waals surface area contributed by atoms with E-state index in [1.165, 1.54) is 12.8 Å². The first-order valence-corrected chi connectivity index (χ1v) is 8.08. The summed E-state index contributed by atoms with van der Waals surface area (Å²) >= 11 is 3.62. The molecule has 0 radical (unpaired) electrons. The van der Waals surface area contributed by atoms with E-state index in [0.717, 1.165) is 34.4 Å². The fraction of sp³-hybridized carbons (Fsp3) is 0.625. The van der Waals surface area contributed by atoms with Gasteiger partial charge in [0, 0.05) is 11.0 Å². The predicted molar refractivity (Wildman–Crippen MR) is 83.2 cm³/mol. The normalized spacial score (nSPS) is 23.4. The number of rotatable bonds is 1. The van der Waals surface area contributed by atoms with E-state index < -0.39 is 0 Å². The van der Waals surface area contributed by atoms with Gasteiger partial charge in [0.15, 0.2) is 11.5 Å². The number of nitrogens with two attached hydrogens (primary N) is 1. The molecule has 4 heteroatoms. The average molecular weight is 340 g/mol. The van der Waals surface area contributed by atoms with Crippen molar-refractivity contribution in [3.63, 3.8) is 0 Å². The molecular weight excluding hydrogens is 318 g/mol. The van der Waals surface area contributed by atoms with Gasteiger partial charge in [-0.05, 0) is 46.5 Å². The zero-order valence-corrected chi connectivity index (χ0v) is 13.8. The van der Waals surface area contributed by atoms with Gasteiger partial charge in [-0.15, -0.1) is 0 Å². The number of benzene rings is 1. The summed E-state index contributed by atoms with van der Waals surface area (Å²) in [7, 11) is 0. The number of halogens is 1. The standard InChI is InChI=1S/C16H22BrNO2/c1-15(2)9-19-13-8-11(16(18)5-3-4-6-16)7-12(17)14(13)20-10-15/h7-8H,3-6,9-10,18H2,1-2H3. The molecule has 1 aliphatic heterocycles. The van der Waals surface area contributed by atoms with Gasteiger partial charge in [-0.2, -0.15) is 0 Å². The molecule has 2 N–H and O–H groups in total. The summed E-state index contributed by atoms with van der Waals surface area (Å²) in [6.45, 7) is 5.61. The van der Waals surface area contributed by atoms with E-state index in [4.69, 9.17) is 15.2 Å². The first-order valence-electron chi connectivity index (χ1n) is 7.28. The molecule has 0 amide bonds. The zero-order chi connectivity index (χ0) is 14.4. The van der Waals surface area contributed by atoms with Gasteiger partial charge in [-0.25, -0.2) is 0 Å². The second-order valence-corrected chi connectivity index (χ2v) is 7.74. The van der Waals surface area contributed by atoms with Crippen LogP contribution in [-0.2, 0) is 5.54 Å². The molecule has 1 heterocycles. The van der Waals surface area contributed by atoms with Gasteiger partial charge in [0.2, 0.25) is 0 Å². The monoisotopic (exact) mass is 339 g/mol. The van der Waals surface area contributed by atoms with Crippen molar-refractivity contribution in [2.24, 2.45) is 11.1 Å². The molecule has 3 nitrogen and oxygen atoms in total. The molecule has 0 unspecified atom stereocenters. The fourth-order valence-corrected chi connectivity index (χ4v) is 3.54. The van der Waals surface area contributed by atoms with Crippen LogP contribution in [0.4, 0.5) is 0 Å². The maximum absolute atomic E-state index is 6.56. The van der Waals surface area contributed by atoms with Crippen molar-refractivity contribution in [2.45, 2.75) is 45.1 Å². The third-order valence-corrected chi connectivity index (χ3v) is 4.89. The smallest absolute Gasteiger partial charge is 0.175 e. The highest BCUT2D eigenvalue weighted by Crippen LogP contribution is 2.45. The lowest BCUT2D eigenvalue weighted by atomic mass is 9.89. The van der Waals surface area contributed by atoms with E-state index in [9.17, 15) is 0 Å². The number of fused-ring (bicyclic) bond motifs is 1. The van der Waals surface area contributed by atoms with E-state index >= 15 is 0 Å². The van der Waals surface area contributed by atoms with Crippen molar-refractivity contribution in [1.29, 1.82) is 0 Å². The van der Waals surface area contributed by atoms with Crippen LogP contribution >= 0.6 is 15.9 Å². The minimum absolute atomic E-state index is 0.0202. The van der Waals surface area contributed by atoms with Gasteiger partial charge in [0.25, 0.3) is 0 Å². The molecule has 110 valence electrons. The van der Waals surface area contributed by atoms with Crippen LogP contribution in [0.2, 0.25) is 0 Å². The van der Waals surface area contributed by atoms with E-state index in [1.54, 1.807) is 0 Å². The third kappa shape index (κ3) is 2.56. The second kappa shape index (κ2) is 4.92. The Balaban J connectivity index is 1.98. The molecule has 1 aliphatic carbocycles. The lowest BCUT2D eigenvalue weighted by Gasteiger charge is -2.25. The summed E-state index contributed by atoms with van der Waals surface area (Å²) in [5.74, 6) is 1.62. The maximum Gasteiger partial charge on any atom is 0.175 e. The Morgan fingerprint density at radius 1 is 1.10 bits per heavy atom. The summed E-state index contributed by atoms with van der Waals surface area (Å²) in [5, 5.41) is 0. The molecule has 1 aromatic carbocycles. The van der Waals surface area contributed by atoms with Crippen molar-refractivity contribution in [2.75, 3.05) is 13.2 Å². The minimum Gasteiger partial charge on any atom is -0.489 e. The Morgan fingerprint density at radius 3 is 2.45 bits per heavy atom. The van der Waals surface area contributed by atoms with Gasteiger partial charge in [0.05, 0.1) is 17.7 Å². The van der Waals surface area contributed by atoms with Crippen molar-refractivity contribution >= 4 is 15.9 Å². The molecule has 2 aliphatic rings. The van der Waals surface area contributed by atoms with Gasteiger partial charge >= 0.3 is 0 Å². The van der Waals surface area contributed by atoms with Crippen LogP contribution in [0.3, 0.4) is 0 Å². The van der Waals surface area contributed by atoms with Gasteiger partial charge in [-0.1, -0.05) is 26.7 Å². The highest BCUT2D eigenvalue weighted by molar-refractivity contribution is 9.10. The highest BCUT2D eigenvalue weighted by atomic mass is 79.9. The van der Waals surface area contributed by atoms with Gasteiger partial charge in [0.1, 0.15) is 0 Å². The van der Waals surface area contributed by atoms with Crippen LogP contribution in [0.15, 0.2) is 16.6 Å². The molecule has 3 rings (SSSR count). The van der Waals surface area contributed by atoms with Crippen LogP contribution < -0.4 is 15.2 Å². The number of ether oxygens (including phenoxy) is 2. The van der Waals surface area contributed by atoms with Crippen LogP contribution in [0, 0.1) is 5.41 Å². The maximum atomic E-state index is 6.56. The molecule has 1 aromatic rings. The molecule has 0 bridgehead atoms. The summed E-state index contributed by atoms with van der Waals surface area (Å²) in [6.07, 6.45) is 4.50. The SMILES string of the molecule is CC1(C)COc2cc(C3(N)CCCC3)cc(Br)c2OC1. The molecule has 20 heavy (non-hydrogen) atoms. The van der Waals surface area contributed by atoms with E-state index in [-0.39, 0.29) is 11.0 Å². The molecular formula is C16H22BrNO2. The van der Waals surface area contributed by atoms with E-state index in [1.807, 2.05) is 0 Å². The van der Waals surface area contributed by atoms with Crippen LogP contribution in [0.5, 0.6) is 11.5 Å². The minimum atomic E-state index is -0.206. The van der Waals surface area contributed by atoms with Crippen LogP contribution in [0.1, 0.15) is 45.1 Å². The predicted octanol–water partition coefficient (Wildman–Crippen LogP) is 3.97. The summed E-state index contributed by atoms with van der Waals surface area (Å²) in [6, 6.07) is 4.18. The summed E-state index contributed by atoms with van der Waals surface area (Å²) in [4.78, 5) is 0. The molecule has 0 aromatic heterocycles. The van der Waals surface area contributed by atoms with Gasteiger partial charge < -0.3 is 15.2 Å². The topological polar surface area (TPSA) is 44.5 Å². The van der Waals surface area contributed by atoms with Gasteiger partial charge in [-0.3, -0.25) is 0 Å². The van der Waals surface area contributed by atoms with Crippen molar-refractivity contribution in [3.8, 4) is 11.5 Å². The quantitative estimate of drug-likeness (QED) is 0.841. The molecule has 1 saturated carbocycles. The number of hydrogen-bond acceptors (Lipinski definition) is 3. The second-order valence-electron chi connectivity index (χ2n) is 6.89. The summed E-state index contributed by atoms with van der Waals surface area (Å²) in [5.41, 5.74) is 7.53. The largest absolute Gasteiger partial charge is 0.489 e. The fourth-order valence-electron chi connectivity index (χ4n) is 2.98. The van der Waals surface area contributed by atoms with Crippen molar-refractivity contribution < 1.29 is 9.47 Å². The summed E-state index contributed by atoms with van der Waals surface area (Å²) < 4.78 is 12.9. The molecule has 0 spiro atoms. The molecule has 0 atom stereocenters. The highest BCUT2D eigenvalue weighted by Gasteiger charge is 2.34. The lowest BCUT2D eigenvalue weighted by Crippen LogP contribution is -2.33. The van der Waals surface area contributed by atoms with Crippen molar-refractivity contribution in [1.82, 2.24) is 0 Å². The van der Waals surface area contributed by atoms with Crippen LogP contribution in [-0.4, -0.2) is 13.2 Å². The Kier molecular flexibility index (Phi) is 3.49. The number of hydrogen-bond donors (Lipinski definition) is 1. The lowest BCUT2D eigenvalue weighted by molar-refractivity contribution is 0.140. The third-order valence-electron chi connectivity index (χ3n) is 4.31. The average Bonchev–Trinajstić information content (AvgIpc) is 2.76. The van der Waals surface area contributed by atoms with Crippen LogP contribution in [0.25, 0.3) is 0 Å². The first kappa shape index (κ1) is 14.2. The Bertz CT molecular complexity index is 521. The van der Waals surface area contributed by atoms with E-state index in [0.29, 0.717) is 13.2 Å². The zero-order valence-electron chi connectivity index (χ0n) is 12.2. The Morgan fingerprint density at radius 2 is 1.75 bits per heavy atom.